The van der Waals surface area contributed by atoms with Crippen molar-refractivity contribution < 1.29 is 24.5 Å². The van der Waals surface area contributed by atoms with E-state index in [9.17, 15) is 19.8 Å². The maximum Gasteiger partial charge on any atom is 0.300 e. The number of aromatic hydroxyl groups is 1. The highest BCUT2D eigenvalue weighted by Crippen LogP contribution is 2.43. The number of aliphatic hydroxyl groups is 1. The number of nitrogens with zero attached hydrogens (tertiary/aromatic N) is 1. The van der Waals surface area contributed by atoms with Gasteiger partial charge in [-0.25, -0.2) is 0 Å². The largest absolute Gasteiger partial charge is 0.508 e. The van der Waals surface area contributed by atoms with Gasteiger partial charge in [0.2, 0.25) is 0 Å². The standard InChI is InChI=1S/C26H22ClNO5/c1-14-4-5-17(12-15(14)2)24(30)22-23(16-6-9-19(29)10-7-16)28(26(32)25(22)31)18-8-11-21(33-3)20(27)13-18/h4-13,23,29-30H,1-3H3/b24-22+. The molecule has 0 saturated carbocycles. The molecule has 1 unspecified atom stereocenters. The number of Topliss-reactive ketones (excluding diaryl/α,β-unsaturated/α-hetero) is 1. The van der Waals surface area contributed by atoms with Crippen LogP contribution >= 0.6 is 11.6 Å². The van der Waals surface area contributed by atoms with E-state index < -0.39 is 17.7 Å². The number of benzene rings is 3. The van der Waals surface area contributed by atoms with Gasteiger partial charge in [-0.3, -0.25) is 14.5 Å². The normalized spacial score (nSPS) is 17.5. The minimum atomic E-state index is -0.920. The van der Waals surface area contributed by atoms with Crippen molar-refractivity contribution >= 4 is 34.7 Å². The molecule has 1 atom stereocenters. The molecule has 0 radical (unpaired) electrons. The van der Waals surface area contributed by atoms with E-state index in [0.29, 0.717) is 22.6 Å². The fourth-order valence-electron chi connectivity index (χ4n) is 3.92. The molecule has 1 fully saturated rings. The fourth-order valence-corrected chi connectivity index (χ4v) is 4.17. The van der Waals surface area contributed by atoms with Crippen molar-refractivity contribution in [2.75, 3.05) is 12.0 Å². The first kappa shape index (κ1) is 22.4. The summed E-state index contributed by atoms with van der Waals surface area (Å²) in [6.45, 7) is 3.85. The predicted octanol–water partition coefficient (Wildman–Crippen LogP) is 5.30. The Morgan fingerprint density at radius 1 is 0.970 bits per heavy atom. The number of aliphatic hydroxyl groups excluding tert-OH is 1. The van der Waals surface area contributed by atoms with Gasteiger partial charge in [0.05, 0.1) is 23.7 Å². The molecule has 6 nitrogen and oxygen atoms in total. The van der Waals surface area contributed by atoms with Crippen LogP contribution in [0.2, 0.25) is 5.02 Å². The number of ether oxygens (including phenoxy) is 1. The Bertz CT molecular complexity index is 1300. The zero-order valence-corrected chi connectivity index (χ0v) is 19.1. The van der Waals surface area contributed by atoms with Gasteiger partial charge in [-0.1, -0.05) is 35.9 Å². The molecule has 0 aromatic heterocycles. The Kier molecular flexibility index (Phi) is 5.87. The lowest BCUT2D eigenvalue weighted by atomic mass is 9.94. The third-order valence-electron chi connectivity index (χ3n) is 5.85. The van der Waals surface area contributed by atoms with E-state index in [-0.39, 0.29) is 22.1 Å². The molecular formula is C26H22ClNO5. The first-order valence-electron chi connectivity index (χ1n) is 10.2. The summed E-state index contributed by atoms with van der Waals surface area (Å²) < 4.78 is 5.19. The number of aryl methyl sites for hydroxylation is 2. The molecule has 0 bridgehead atoms. The number of methoxy groups -OCH3 is 1. The van der Waals surface area contributed by atoms with Crippen LogP contribution < -0.4 is 9.64 Å². The molecule has 3 aromatic carbocycles. The van der Waals surface area contributed by atoms with Crippen molar-refractivity contribution in [1.82, 2.24) is 0 Å². The second-order valence-electron chi connectivity index (χ2n) is 7.88. The Labute approximate surface area is 196 Å². The Morgan fingerprint density at radius 3 is 2.27 bits per heavy atom. The van der Waals surface area contributed by atoms with Gasteiger partial charge >= 0.3 is 0 Å². The van der Waals surface area contributed by atoms with Crippen LogP contribution in [0.5, 0.6) is 11.5 Å². The number of phenolic OH excluding ortho intramolecular Hbond substituents is 1. The number of carbonyl (C=O) groups excluding carboxylic acids is 2. The van der Waals surface area contributed by atoms with Crippen molar-refractivity contribution in [2.24, 2.45) is 0 Å². The first-order valence-corrected chi connectivity index (χ1v) is 10.6. The predicted molar refractivity (Wildman–Crippen MR) is 127 cm³/mol. The highest BCUT2D eigenvalue weighted by Gasteiger charge is 2.47. The van der Waals surface area contributed by atoms with E-state index >= 15 is 0 Å². The van der Waals surface area contributed by atoms with Gasteiger partial charge in [0.1, 0.15) is 17.3 Å². The average Bonchev–Trinajstić information content (AvgIpc) is 3.06. The number of ketones is 1. The van der Waals surface area contributed by atoms with Gasteiger partial charge in [0.25, 0.3) is 11.7 Å². The zero-order chi connectivity index (χ0) is 23.9. The van der Waals surface area contributed by atoms with Crippen LogP contribution in [0.1, 0.15) is 28.3 Å². The minimum Gasteiger partial charge on any atom is -0.508 e. The SMILES string of the molecule is COc1ccc(N2C(=O)C(=O)/C(=C(/O)c3ccc(C)c(C)c3)C2c2ccc(O)cc2)cc1Cl. The van der Waals surface area contributed by atoms with Crippen molar-refractivity contribution in [3.8, 4) is 11.5 Å². The molecule has 0 spiro atoms. The zero-order valence-electron chi connectivity index (χ0n) is 18.3. The second kappa shape index (κ2) is 8.64. The number of halogens is 1. The van der Waals surface area contributed by atoms with E-state index in [1.165, 1.54) is 30.2 Å². The summed E-state index contributed by atoms with van der Waals surface area (Å²) in [5.74, 6) is -1.40. The van der Waals surface area contributed by atoms with Gasteiger partial charge in [0.15, 0.2) is 0 Å². The molecule has 2 N–H and O–H groups in total. The number of hydrogen-bond acceptors (Lipinski definition) is 5. The maximum atomic E-state index is 13.2. The molecule has 168 valence electrons. The molecule has 4 rings (SSSR count). The summed E-state index contributed by atoms with van der Waals surface area (Å²) in [4.78, 5) is 27.7. The number of hydrogen-bond donors (Lipinski definition) is 2. The lowest BCUT2D eigenvalue weighted by molar-refractivity contribution is -0.132. The number of anilines is 1. The van der Waals surface area contributed by atoms with E-state index in [1.807, 2.05) is 19.9 Å². The van der Waals surface area contributed by atoms with Crippen LogP contribution in [0.3, 0.4) is 0 Å². The van der Waals surface area contributed by atoms with E-state index in [2.05, 4.69) is 0 Å². The van der Waals surface area contributed by atoms with Crippen molar-refractivity contribution in [2.45, 2.75) is 19.9 Å². The van der Waals surface area contributed by atoms with Gasteiger partial charge in [-0.2, -0.15) is 0 Å². The molecule has 1 amide bonds. The van der Waals surface area contributed by atoms with E-state index in [1.54, 1.807) is 36.4 Å². The molecule has 1 heterocycles. The first-order chi connectivity index (χ1) is 15.7. The molecule has 1 saturated heterocycles. The third kappa shape index (κ3) is 3.94. The monoisotopic (exact) mass is 463 g/mol. The van der Waals surface area contributed by atoms with Gasteiger partial charge in [-0.05, 0) is 66.9 Å². The fraction of sp³-hybridized carbons (Fsp3) is 0.154. The highest BCUT2D eigenvalue weighted by molar-refractivity contribution is 6.51. The van der Waals surface area contributed by atoms with Crippen molar-refractivity contribution in [3.63, 3.8) is 0 Å². The molecule has 0 aliphatic carbocycles. The lowest BCUT2D eigenvalue weighted by Gasteiger charge is -2.26. The Morgan fingerprint density at radius 2 is 1.67 bits per heavy atom. The van der Waals surface area contributed by atoms with Crippen LogP contribution in [-0.4, -0.2) is 29.0 Å². The summed E-state index contributed by atoms with van der Waals surface area (Å²) in [5, 5.41) is 21.2. The van der Waals surface area contributed by atoms with Crippen molar-refractivity contribution in [3.05, 3.63) is 93.5 Å². The van der Waals surface area contributed by atoms with Crippen LogP contribution in [0.15, 0.2) is 66.2 Å². The molecule has 1 aliphatic rings. The number of carbonyl (C=O) groups is 2. The molecule has 33 heavy (non-hydrogen) atoms. The lowest BCUT2D eigenvalue weighted by Crippen LogP contribution is -2.29. The summed E-state index contributed by atoms with van der Waals surface area (Å²) >= 11 is 6.29. The van der Waals surface area contributed by atoms with E-state index in [0.717, 1.165) is 11.1 Å². The number of phenols is 1. The smallest absolute Gasteiger partial charge is 0.300 e. The van der Waals surface area contributed by atoms with Crippen LogP contribution in [0, 0.1) is 13.8 Å². The van der Waals surface area contributed by atoms with Gasteiger partial charge in [0, 0.05) is 11.3 Å². The summed E-state index contributed by atoms with van der Waals surface area (Å²) in [5.41, 5.74) is 3.30. The van der Waals surface area contributed by atoms with Gasteiger partial charge in [-0.15, -0.1) is 0 Å². The summed E-state index contributed by atoms with van der Waals surface area (Å²) in [6, 6.07) is 15.3. The molecule has 7 heteroatoms. The van der Waals surface area contributed by atoms with Crippen LogP contribution in [0.4, 0.5) is 5.69 Å². The quantitative estimate of drug-likeness (QED) is 0.311. The van der Waals surface area contributed by atoms with Crippen LogP contribution in [0.25, 0.3) is 5.76 Å². The Balaban J connectivity index is 1.94. The highest BCUT2D eigenvalue weighted by atomic mass is 35.5. The van der Waals surface area contributed by atoms with Crippen molar-refractivity contribution in [1.29, 1.82) is 0 Å². The number of rotatable bonds is 4. The van der Waals surface area contributed by atoms with E-state index in [4.69, 9.17) is 16.3 Å². The molecular weight excluding hydrogens is 442 g/mol. The van der Waals surface area contributed by atoms with Crippen LogP contribution in [-0.2, 0) is 9.59 Å². The third-order valence-corrected chi connectivity index (χ3v) is 6.14. The summed E-state index contributed by atoms with van der Waals surface area (Å²) in [7, 11) is 1.48. The Hall–Kier alpha value is -3.77. The second-order valence-corrected chi connectivity index (χ2v) is 8.29. The number of amides is 1. The molecule has 3 aromatic rings. The minimum absolute atomic E-state index is 0.0392. The topological polar surface area (TPSA) is 87.1 Å². The molecule has 1 aliphatic heterocycles. The van der Waals surface area contributed by atoms with Gasteiger partial charge < -0.3 is 14.9 Å². The summed E-state index contributed by atoms with van der Waals surface area (Å²) in [6.07, 6.45) is 0. The average molecular weight is 464 g/mol. The maximum absolute atomic E-state index is 13.2.